The second-order valence-electron chi connectivity index (χ2n) is 3.88. The van der Waals surface area contributed by atoms with Crippen molar-refractivity contribution < 1.29 is 13.5 Å². The number of nitrogens with zero attached hydrogens (tertiary/aromatic N) is 1. The van der Waals surface area contributed by atoms with Crippen LogP contribution < -0.4 is 4.72 Å². The van der Waals surface area contributed by atoms with Gasteiger partial charge in [-0.1, -0.05) is 23.7 Å². The Kier molecular flexibility index (Phi) is 3.84. The maximum atomic E-state index is 12.2. The van der Waals surface area contributed by atoms with Crippen LogP contribution >= 0.6 is 11.6 Å². The molecule has 0 aliphatic rings. The summed E-state index contributed by atoms with van der Waals surface area (Å²) in [6.07, 6.45) is 0. The number of nitriles is 1. The molecule has 2 rings (SSSR count). The number of sulfonamides is 1. The molecule has 0 spiro atoms. The molecule has 20 heavy (non-hydrogen) atoms. The van der Waals surface area contributed by atoms with Crippen molar-refractivity contribution >= 4 is 27.3 Å². The summed E-state index contributed by atoms with van der Waals surface area (Å²) in [7, 11) is -3.90. The maximum absolute atomic E-state index is 12.2. The number of hydrogen-bond acceptors (Lipinski definition) is 4. The molecule has 0 aliphatic heterocycles. The Morgan fingerprint density at radius 2 is 1.90 bits per heavy atom. The van der Waals surface area contributed by atoms with E-state index in [1.165, 1.54) is 42.5 Å². The highest BCUT2D eigenvalue weighted by atomic mass is 35.5. The first-order chi connectivity index (χ1) is 9.44. The van der Waals surface area contributed by atoms with Crippen LogP contribution in [-0.2, 0) is 10.0 Å². The minimum atomic E-state index is -3.90. The van der Waals surface area contributed by atoms with E-state index in [-0.39, 0.29) is 26.9 Å². The third-order valence-electron chi connectivity index (χ3n) is 2.50. The molecule has 0 fully saturated rings. The third-order valence-corrected chi connectivity index (χ3v) is 4.17. The zero-order valence-corrected chi connectivity index (χ0v) is 11.6. The average molecular weight is 309 g/mol. The Bertz CT molecular complexity index is 798. The highest BCUT2D eigenvalue weighted by Gasteiger charge is 2.17. The number of aromatic hydroxyl groups is 1. The molecule has 0 aliphatic carbocycles. The lowest BCUT2D eigenvalue weighted by Gasteiger charge is -2.10. The predicted molar refractivity (Wildman–Crippen MR) is 75.1 cm³/mol. The average Bonchev–Trinajstić information content (AvgIpc) is 2.44. The summed E-state index contributed by atoms with van der Waals surface area (Å²) in [6.45, 7) is 0. The molecule has 102 valence electrons. The Morgan fingerprint density at radius 3 is 2.60 bits per heavy atom. The van der Waals surface area contributed by atoms with Crippen molar-refractivity contribution in [1.29, 1.82) is 5.26 Å². The fourth-order valence-electron chi connectivity index (χ4n) is 1.53. The number of phenolic OH excluding ortho intramolecular Hbond substituents is 1. The summed E-state index contributed by atoms with van der Waals surface area (Å²) >= 11 is 5.71. The molecule has 2 aromatic rings. The van der Waals surface area contributed by atoms with Crippen LogP contribution in [-0.4, -0.2) is 13.5 Å². The lowest BCUT2D eigenvalue weighted by Crippen LogP contribution is -2.13. The topological polar surface area (TPSA) is 90.2 Å². The molecule has 5 nitrogen and oxygen atoms in total. The Balaban J connectivity index is 2.41. The van der Waals surface area contributed by atoms with Crippen molar-refractivity contribution in [3.05, 3.63) is 53.1 Å². The van der Waals surface area contributed by atoms with Gasteiger partial charge in [0.15, 0.2) is 5.75 Å². The van der Waals surface area contributed by atoms with E-state index in [1.807, 2.05) is 6.07 Å². The number of hydrogen-bond donors (Lipinski definition) is 2. The molecule has 0 saturated carbocycles. The van der Waals surface area contributed by atoms with Gasteiger partial charge in [-0.05, 0) is 30.3 Å². The highest BCUT2D eigenvalue weighted by Crippen LogP contribution is 2.32. The van der Waals surface area contributed by atoms with Crippen LogP contribution in [0.4, 0.5) is 5.69 Å². The van der Waals surface area contributed by atoms with E-state index in [4.69, 9.17) is 16.9 Å². The molecule has 0 heterocycles. The largest absolute Gasteiger partial charge is 0.504 e. The molecule has 0 bridgehead atoms. The third kappa shape index (κ3) is 2.85. The summed E-state index contributed by atoms with van der Waals surface area (Å²) in [5.74, 6) is -0.353. The van der Waals surface area contributed by atoms with Crippen LogP contribution in [0.25, 0.3) is 0 Å². The van der Waals surface area contributed by atoms with Crippen LogP contribution in [0.15, 0.2) is 47.4 Å². The van der Waals surface area contributed by atoms with E-state index < -0.39 is 10.0 Å². The van der Waals surface area contributed by atoms with Crippen LogP contribution in [0.5, 0.6) is 5.75 Å². The normalized spacial score (nSPS) is 10.8. The molecular formula is C13H9ClN2O3S. The number of rotatable bonds is 3. The van der Waals surface area contributed by atoms with E-state index in [9.17, 15) is 13.5 Å². The lowest BCUT2D eigenvalue weighted by molar-refractivity contribution is 0.478. The number of halogens is 1. The molecule has 0 amide bonds. The molecule has 2 N–H and O–H groups in total. The standard InChI is InChI=1S/C13H9ClN2O3S/c14-11-5-2-6-12(13(11)17)16-20(18,19)10-4-1-3-9(7-10)8-15/h1-7,16-17H. The second kappa shape index (κ2) is 5.41. The van der Waals surface area contributed by atoms with E-state index in [2.05, 4.69) is 4.72 Å². The number of anilines is 1. The van der Waals surface area contributed by atoms with E-state index in [1.54, 1.807) is 0 Å². The number of phenols is 1. The Hall–Kier alpha value is -2.23. The van der Waals surface area contributed by atoms with Gasteiger partial charge in [0.2, 0.25) is 0 Å². The molecule has 0 unspecified atom stereocenters. The molecule has 7 heteroatoms. The van der Waals surface area contributed by atoms with Gasteiger partial charge in [-0.25, -0.2) is 8.42 Å². The fourth-order valence-corrected chi connectivity index (χ4v) is 2.82. The SMILES string of the molecule is N#Cc1cccc(S(=O)(=O)Nc2cccc(Cl)c2O)c1. The first-order valence-corrected chi connectivity index (χ1v) is 7.30. The van der Waals surface area contributed by atoms with Crippen molar-refractivity contribution in [2.45, 2.75) is 4.90 Å². The first kappa shape index (κ1) is 14.2. The van der Waals surface area contributed by atoms with Crippen LogP contribution in [0, 0.1) is 11.3 Å². The zero-order valence-electron chi connectivity index (χ0n) is 10.0. The molecular weight excluding hydrogens is 300 g/mol. The first-order valence-electron chi connectivity index (χ1n) is 5.44. The van der Waals surface area contributed by atoms with Crippen molar-refractivity contribution in [3.8, 4) is 11.8 Å². The molecule has 0 atom stereocenters. The fraction of sp³-hybridized carbons (Fsp3) is 0. The maximum Gasteiger partial charge on any atom is 0.262 e. The zero-order chi connectivity index (χ0) is 14.8. The quantitative estimate of drug-likeness (QED) is 0.853. The van der Waals surface area contributed by atoms with Gasteiger partial charge in [-0.2, -0.15) is 5.26 Å². The molecule has 2 aromatic carbocycles. The van der Waals surface area contributed by atoms with E-state index in [0.717, 1.165) is 0 Å². The smallest absolute Gasteiger partial charge is 0.262 e. The van der Waals surface area contributed by atoms with Gasteiger partial charge in [0.1, 0.15) is 0 Å². The van der Waals surface area contributed by atoms with Crippen molar-refractivity contribution in [2.24, 2.45) is 0 Å². The van der Waals surface area contributed by atoms with Crippen molar-refractivity contribution in [1.82, 2.24) is 0 Å². The molecule has 0 saturated heterocycles. The summed E-state index contributed by atoms with van der Waals surface area (Å²) in [5.41, 5.74) is 0.197. The van der Waals surface area contributed by atoms with Crippen LogP contribution in [0.1, 0.15) is 5.56 Å². The van der Waals surface area contributed by atoms with Gasteiger partial charge in [0, 0.05) is 0 Å². The van der Waals surface area contributed by atoms with E-state index >= 15 is 0 Å². The monoisotopic (exact) mass is 308 g/mol. The summed E-state index contributed by atoms with van der Waals surface area (Å²) in [6, 6.07) is 11.7. The van der Waals surface area contributed by atoms with Gasteiger partial charge in [-0.3, -0.25) is 4.72 Å². The van der Waals surface area contributed by atoms with Gasteiger partial charge in [-0.15, -0.1) is 0 Å². The Labute approximate surface area is 121 Å². The Morgan fingerprint density at radius 1 is 1.20 bits per heavy atom. The molecule has 0 aromatic heterocycles. The van der Waals surface area contributed by atoms with Crippen molar-refractivity contribution in [3.63, 3.8) is 0 Å². The van der Waals surface area contributed by atoms with Crippen molar-refractivity contribution in [2.75, 3.05) is 4.72 Å². The van der Waals surface area contributed by atoms with Gasteiger partial charge < -0.3 is 5.11 Å². The number of para-hydroxylation sites is 1. The molecule has 0 radical (unpaired) electrons. The van der Waals surface area contributed by atoms with Gasteiger partial charge in [0.25, 0.3) is 10.0 Å². The minimum absolute atomic E-state index is 0.0279. The second-order valence-corrected chi connectivity index (χ2v) is 5.97. The van der Waals surface area contributed by atoms with Crippen LogP contribution in [0.2, 0.25) is 5.02 Å². The van der Waals surface area contributed by atoms with Gasteiger partial charge in [0.05, 0.1) is 27.2 Å². The predicted octanol–water partition coefficient (Wildman–Crippen LogP) is 2.72. The van der Waals surface area contributed by atoms with Gasteiger partial charge >= 0.3 is 0 Å². The number of benzene rings is 2. The van der Waals surface area contributed by atoms with E-state index in [0.29, 0.717) is 0 Å². The summed E-state index contributed by atoms with van der Waals surface area (Å²) < 4.78 is 26.5. The van der Waals surface area contributed by atoms with Crippen LogP contribution in [0.3, 0.4) is 0 Å². The lowest BCUT2D eigenvalue weighted by atomic mass is 10.2. The highest BCUT2D eigenvalue weighted by molar-refractivity contribution is 7.92. The summed E-state index contributed by atoms with van der Waals surface area (Å²) in [5, 5.41) is 18.5. The summed E-state index contributed by atoms with van der Waals surface area (Å²) in [4.78, 5) is -0.0732. The number of nitrogens with one attached hydrogen (secondary N) is 1. The minimum Gasteiger partial charge on any atom is -0.504 e.